The third-order valence-electron chi connectivity index (χ3n) is 6.14. The molecule has 1 aromatic heterocycles. The van der Waals surface area contributed by atoms with E-state index in [1.165, 1.54) is 28.8 Å². The highest BCUT2D eigenvalue weighted by Gasteiger charge is 2.27. The van der Waals surface area contributed by atoms with E-state index >= 15 is 0 Å². The molecule has 1 fully saturated rings. The van der Waals surface area contributed by atoms with Gasteiger partial charge in [-0.3, -0.25) is 4.79 Å². The van der Waals surface area contributed by atoms with E-state index in [4.69, 9.17) is 4.74 Å². The molecular formula is C26H29FN4O2. The number of aromatic nitrogens is 2. The van der Waals surface area contributed by atoms with Crippen molar-refractivity contribution >= 4 is 11.7 Å². The Morgan fingerprint density at radius 2 is 1.67 bits per heavy atom. The van der Waals surface area contributed by atoms with Crippen LogP contribution in [-0.2, 0) is 4.79 Å². The first-order valence-corrected chi connectivity index (χ1v) is 11.2. The van der Waals surface area contributed by atoms with Gasteiger partial charge in [-0.05, 0) is 74.7 Å². The van der Waals surface area contributed by atoms with Gasteiger partial charge in [0.1, 0.15) is 11.6 Å². The van der Waals surface area contributed by atoms with Gasteiger partial charge >= 0.3 is 0 Å². The Morgan fingerprint density at radius 3 is 2.33 bits per heavy atom. The van der Waals surface area contributed by atoms with Crippen molar-refractivity contribution in [3.05, 3.63) is 71.0 Å². The summed E-state index contributed by atoms with van der Waals surface area (Å²) in [5, 5.41) is 8.92. The molecule has 7 heteroatoms. The number of carbonyl (C=O) groups excluding carboxylic acids is 1. The standard InChI is InChI=1S/C26H29FN4O2/c1-17-14-19(3)23(15-18(17)2)24-8-9-25(29-28-24)30-10-12-31(13-11-30)26(32)20(4)33-22-7-5-6-21(27)16-22/h5-9,14-16,20H,10-13H2,1-4H3. The summed E-state index contributed by atoms with van der Waals surface area (Å²) in [6.45, 7) is 10.4. The van der Waals surface area contributed by atoms with Gasteiger partial charge in [0.2, 0.25) is 0 Å². The van der Waals surface area contributed by atoms with Gasteiger partial charge in [0.05, 0.1) is 5.69 Å². The van der Waals surface area contributed by atoms with Crippen LogP contribution >= 0.6 is 0 Å². The molecule has 1 amide bonds. The number of amides is 1. The molecule has 6 nitrogen and oxygen atoms in total. The third-order valence-corrected chi connectivity index (χ3v) is 6.14. The summed E-state index contributed by atoms with van der Waals surface area (Å²) < 4.78 is 19.0. The van der Waals surface area contributed by atoms with Gasteiger partial charge in [-0.2, -0.15) is 0 Å². The molecule has 0 radical (unpaired) electrons. The molecule has 2 aromatic carbocycles. The number of benzene rings is 2. The number of nitrogens with zero attached hydrogens (tertiary/aromatic N) is 4. The quantitative estimate of drug-likeness (QED) is 0.582. The molecule has 1 atom stereocenters. The van der Waals surface area contributed by atoms with Crippen LogP contribution in [0.3, 0.4) is 0 Å². The summed E-state index contributed by atoms with van der Waals surface area (Å²) in [7, 11) is 0. The number of halogens is 1. The number of aryl methyl sites for hydroxylation is 3. The van der Waals surface area contributed by atoms with Gasteiger partial charge < -0.3 is 14.5 Å². The fourth-order valence-electron chi connectivity index (χ4n) is 4.08. The molecule has 1 unspecified atom stereocenters. The molecule has 0 spiro atoms. The summed E-state index contributed by atoms with van der Waals surface area (Å²) in [5.74, 6) is 0.659. The second-order valence-corrected chi connectivity index (χ2v) is 8.56. The van der Waals surface area contributed by atoms with Gasteiger partial charge in [-0.25, -0.2) is 4.39 Å². The number of anilines is 1. The molecule has 1 aliphatic rings. The van der Waals surface area contributed by atoms with Crippen molar-refractivity contribution in [2.45, 2.75) is 33.8 Å². The summed E-state index contributed by atoms with van der Waals surface area (Å²) in [6, 6.07) is 14.2. The summed E-state index contributed by atoms with van der Waals surface area (Å²) in [4.78, 5) is 16.7. The summed E-state index contributed by atoms with van der Waals surface area (Å²) >= 11 is 0. The molecule has 0 saturated carbocycles. The van der Waals surface area contributed by atoms with Crippen molar-refractivity contribution < 1.29 is 13.9 Å². The van der Waals surface area contributed by atoms with Crippen LogP contribution in [0.1, 0.15) is 23.6 Å². The van der Waals surface area contributed by atoms with E-state index in [1.807, 2.05) is 12.1 Å². The number of hydrogen-bond donors (Lipinski definition) is 0. The molecular weight excluding hydrogens is 419 g/mol. The van der Waals surface area contributed by atoms with Crippen LogP contribution < -0.4 is 9.64 Å². The average molecular weight is 449 g/mol. The molecule has 172 valence electrons. The Labute approximate surface area is 194 Å². The number of piperazine rings is 1. The SMILES string of the molecule is Cc1cc(C)c(-c2ccc(N3CCN(C(=O)C(C)Oc4cccc(F)c4)CC3)nn2)cc1C. The van der Waals surface area contributed by atoms with Gasteiger partial charge in [-0.15, -0.1) is 10.2 Å². The molecule has 33 heavy (non-hydrogen) atoms. The van der Waals surface area contributed by atoms with Gasteiger partial charge in [-0.1, -0.05) is 12.1 Å². The topological polar surface area (TPSA) is 58.6 Å². The Balaban J connectivity index is 1.36. The highest BCUT2D eigenvalue weighted by molar-refractivity contribution is 5.81. The molecule has 2 heterocycles. The Bertz CT molecular complexity index is 1140. The first-order chi connectivity index (χ1) is 15.8. The van der Waals surface area contributed by atoms with Gasteiger partial charge in [0.25, 0.3) is 5.91 Å². The zero-order valence-electron chi connectivity index (χ0n) is 19.5. The van der Waals surface area contributed by atoms with Crippen molar-refractivity contribution in [3.8, 4) is 17.0 Å². The fraction of sp³-hybridized carbons (Fsp3) is 0.346. The monoisotopic (exact) mass is 448 g/mol. The second-order valence-electron chi connectivity index (χ2n) is 8.56. The largest absolute Gasteiger partial charge is 0.481 e. The highest BCUT2D eigenvalue weighted by Crippen LogP contribution is 2.26. The number of ether oxygens (including phenoxy) is 1. The third kappa shape index (κ3) is 5.13. The maximum atomic E-state index is 13.4. The van der Waals surface area contributed by atoms with E-state index in [0.29, 0.717) is 31.9 Å². The minimum Gasteiger partial charge on any atom is -0.481 e. The molecule has 1 saturated heterocycles. The normalized spacial score (nSPS) is 14.8. The lowest BCUT2D eigenvalue weighted by molar-refractivity contribution is -0.138. The summed E-state index contributed by atoms with van der Waals surface area (Å²) in [5.41, 5.74) is 5.64. The van der Waals surface area contributed by atoms with E-state index in [9.17, 15) is 9.18 Å². The van der Waals surface area contributed by atoms with Crippen LogP contribution in [0.5, 0.6) is 5.75 Å². The van der Waals surface area contributed by atoms with Crippen molar-refractivity contribution in [1.82, 2.24) is 15.1 Å². The first kappa shape index (κ1) is 22.7. The predicted octanol–water partition coefficient (Wildman–Crippen LogP) is 4.32. The van der Waals surface area contributed by atoms with E-state index in [-0.39, 0.29) is 11.7 Å². The van der Waals surface area contributed by atoms with Crippen molar-refractivity contribution in [2.24, 2.45) is 0 Å². The van der Waals surface area contributed by atoms with Crippen molar-refractivity contribution in [2.75, 3.05) is 31.1 Å². The van der Waals surface area contributed by atoms with Crippen LogP contribution in [-0.4, -0.2) is 53.3 Å². The smallest absolute Gasteiger partial charge is 0.263 e. The van der Waals surface area contributed by atoms with Crippen molar-refractivity contribution in [1.29, 1.82) is 0 Å². The minimum absolute atomic E-state index is 0.106. The second kappa shape index (κ2) is 9.57. The number of rotatable bonds is 5. The molecule has 0 aliphatic carbocycles. The van der Waals surface area contributed by atoms with Gasteiger partial charge in [0.15, 0.2) is 11.9 Å². The van der Waals surface area contributed by atoms with E-state index < -0.39 is 6.10 Å². The Kier molecular flexibility index (Phi) is 6.58. The van der Waals surface area contributed by atoms with Gasteiger partial charge in [0, 0.05) is 37.8 Å². The number of carbonyl (C=O) groups is 1. The fourth-order valence-corrected chi connectivity index (χ4v) is 4.08. The average Bonchev–Trinajstić information content (AvgIpc) is 2.81. The highest BCUT2D eigenvalue weighted by atomic mass is 19.1. The van der Waals surface area contributed by atoms with Crippen molar-refractivity contribution in [3.63, 3.8) is 0 Å². The molecule has 1 aliphatic heterocycles. The zero-order chi connectivity index (χ0) is 23.5. The maximum absolute atomic E-state index is 13.4. The molecule has 3 aromatic rings. The van der Waals surface area contributed by atoms with Crippen LogP contribution in [0.2, 0.25) is 0 Å². The minimum atomic E-state index is -0.682. The molecule has 0 N–H and O–H groups in total. The first-order valence-electron chi connectivity index (χ1n) is 11.2. The predicted molar refractivity (Wildman–Crippen MR) is 127 cm³/mol. The van der Waals surface area contributed by atoms with Crippen LogP contribution in [0.15, 0.2) is 48.5 Å². The zero-order valence-corrected chi connectivity index (χ0v) is 19.5. The maximum Gasteiger partial charge on any atom is 0.263 e. The van der Waals surface area contributed by atoms with Crippen LogP contribution in [0, 0.1) is 26.6 Å². The van der Waals surface area contributed by atoms with E-state index in [0.717, 1.165) is 17.1 Å². The van der Waals surface area contributed by atoms with E-state index in [2.05, 4.69) is 48.0 Å². The lowest BCUT2D eigenvalue weighted by Crippen LogP contribution is -2.52. The summed E-state index contributed by atoms with van der Waals surface area (Å²) in [6.07, 6.45) is -0.682. The number of hydrogen-bond acceptors (Lipinski definition) is 5. The van der Waals surface area contributed by atoms with Crippen LogP contribution in [0.25, 0.3) is 11.3 Å². The molecule has 4 rings (SSSR count). The lowest BCUT2D eigenvalue weighted by atomic mass is 9.99. The Morgan fingerprint density at radius 1 is 0.939 bits per heavy atom. The van der Waals surface area contributed by atoms with E-state index in [1.54, 1.807) is 24.0 Å². The lowest BCUT2D eigenvalue weighted by Gasteiger charge is -2.36. The Hall–Kier alpha value is -3.48. The molecule has 0 bridgehead atoms. The van der Waals surface area contributed by atoms with Crippen LogP contribution in [0.4, 0.5) is 10.2 Å².